The minimum Gasteiger partial charge on any atom is -0.465 e. The van der Waals surface area contributed by atoms with E-state index in [4.69, 9.17) is 0 Å². The van der Waals surface area contributed by atoms with Crippen molar-refractivity contribution in [3.63, 3.8) is 0 Å². The van der Waals surface area contributed by atoms with Gasteiger partial charge in [-0.15, -0.1) is 4.83 Å². The molecule has 0 aliphatic heterocycles. The van der Waals surface area contributed by atoms with Crippen LogP contribution in [0.2, 0.25) is 0 Å². The fraction of sp³-hybridized carbons (Fsp3) is 0.111. The van der Waals surface area contributed by atoms with Gasteiger partial charge in [-0.05, 0) is 40.2 Å². The first-order valence-electron chi connectivity index (χ1n) is 7.98. The average molecular weight is 466 g/mol. The number of amides is 1. The molecule has 0 spiro atoms. The summed E-state index contributed by atoms with van der Waals surface area (Å²) in [6.45, 7) is 0. The van der Waals surface area contributed by atoms with Crippen molar-refractivity contribution in [2.75, 3.05) is 7.11 Å². The van der Waals surface area contributed by atoms with E-state index in [2.05, 4.69) is 26.1 Å². The molecule has 0 aliphatic carbocycles. The Morgan fingerprint density at radius 2 is 1.82 bits per heavy atom. The highest BCUT2D eigenvalue weighted by atomic mass is 79.9. The van der Waals surface area contributed by atoms with Crippen LogP contribution in [0, 0.1) is 0 Å². The number of hydrazine groups is 1. The second-order valence-electron chi connectivity index (χ2n) is 5.86. The lowest BCUT2D eigenvalue weighted by Crippen LogP contribution is -2.41. The number of nitrogens with zero attached hydrogens (tertiary/aromatic N) is 1. The van der Waals surface area contributed by atoms with Crippen molar-refractivity contribution in [2.24, 2.45) is 7.05 Å². The van der Waals surface area contributed by atoms with Crippen molar-refractivity contribution in [2.45, 2.75) is 4.90 Å². The van der Waals surface area contributed by atoms with E-state index in [9.17, 15) is 18.0 Å². The molecule has 1 amide bonds. The number of para-hydroxylation sites is 1. The Bertz CT molecular complexity index is 1190. The number of nitrogens with one attached hydrogen (secondary N) is 2. The van der Waals surface area contributed by atoms with E-state index >= 15 is 0 Å². The van der Waals surface area contributed by atoms with E-state index in [1.165, 1.54) is 19.2 Å². The second kappa shape index (κ2) is 7.74. The van der Waals surface area contributed by atoms with E-state index in [-0.39, 0.29) is 10.5 Å². The summed E-state index contributed by atoms with van der Waals surface area (Å²) < 4.78 is 31.8. The number of ether oxygens (including phenoxy) is 1. The maximum atomic E-state index is 12.5. The molecular formula is C18H16BrN3O5S. The molecule has 10 heteroatoms. The third-order valence-electron chi connectivity index (χ3n) is 4.09. The third kappa shape index (κ3) is 3.79. The zero-order valence-corrected chi connectivity index (χ0v) is 17.3. The Balaban J connectivity index is 1.83. The predicted molar refractivity (Wildman–Crippen MR) is 106 cm³/mol. The highest BCUT2D eigenvalue weighted by Crippen LogP contribution is 2.22. The number of carbonyl (C=O) groups excluding carboxylic acids is 2. The van der Waals surface area contributed by atoms with E-state index in [0.29, 0.717) is 15.4 Å². The largest absolute Gasteiger partial charge is 0.465 e. The molecule has 3 rings (SSSR count). The summed E-state index contributed by atoms with van der Waals surface area (Å²) in [5.41, 5.74) is 3.41. The number of benzene rings is 2. The molecule has 2 N–H and O–H groups in total. The fourth-order valence-electron chi connectivity index (χ4n) is 2.70. The van der Waals surface area contributed by atoms with Gasteiger partial charge in [0.25, 0.3) is 15.9 Å². The lowest BCUT2D eigenvalue weighted by molar-refractivity contribution is 0.0599. The summed E-state index contributed by atoms with van der Waals surface area (Å²) in [6, 6.07) is 11.1. The quantitative estimate of drug-likeness (QED) is 0.444. The average Bonchev–Trinajstić information content (AvgIpc) is 3.03. The highest BCUT2D eigenvalue weighted by molar-refractivity contribution is 9.10. The van der Waals surface area contributed by atoms with E-state index < -0.39 is 21.9 Å². The highest BCUT2D eigenvalue weighted by Gasteiger charge is 2.21. The van der Waals surface area contributed by atoms with Crippen molar-refractivity contribution in [1.82, 2.24) is 14.8 Å². The Morgan fingerprint density at radius 1 is 1.11 bits per heavy atom. The number of sulfonamides is 1. The normalized spacial score (nSPS) is 11.4. The van der Waals surface area contributed by atoms with Crippen LogP contribution >= 0.6 is 15.9 Å². The standard InChI is InChI=1S/C18H16BrN3O5S/c1-22-10-14(12-5-3-4-6-16(12)22)17(23)20-21-28(25,26)11-7-8-15(19)13(9-11)18(24)27-2/h3-10,21H,1-2H3,(H,20,23). The number of rotatable bonds is 5. The van der Waals surface area contributed by atoms with Crippen LogP contribution in [-0.2, 0) is 21.8 Å². The maximum absolute atomic E-state index is 12.5. The van der Waals surface area contributed by atoms with Crippen LogP contribution in [0.1, 0.15) is 20.7 Å². The van der Waals surface area contributed by atoms with E-state index in [1.54, 1.807) is 29.9 Å². The van der Waals surface area contributed by atoms with Crippen molar-refractivity contribution in [3.8, 4) is 0 Å². The third-order valence-corrected chi connectivity index (χ3v) is 6.03. The number of hydrogen-bond acceptors (Lipinski definition) is 5. The summed E-state index contributed by atoms with van der Waals surface area (Å²) in [5.74, 6) is -1.30. The molecule has 0 bridgehead atoms. The molecule has 2 aromatic carbocycles. The maximum Gasteiger partial charge on any atom is 0.339 e. The number of methoxy groups -OCH3 is 1. The van der Waals surface area contributed by atoms with Gasteiger partial charge in [0.15, 0.2) is 0 Å². The lowest BCUT2D eigenvalue weighted by atomic mass is 10.2. The van der Waals surface area contributed by atoms with Crippen LogP contribution in [0.5, 0.6) is 0 Å². The molecule has 0 saturated heterocycles. The molecule has 0 fully saturated rings. The summed E-state index contributed by atoms with van der Waals surface area (Å²) in [6.07, 6.45) is 1.61. The number of carbonyl (C=O) groups is 2. The Morgan fingerprint density at radius 3 is 2.54 bits per heavy atom. The fourth-order valence-corrected chi connectivity index (χ4v) is 3.97. The summed E-state index contributed by atoms with van der Waals surface area (Å²) >= 11 is 3.17. The summed E-state index contributed by atoms with van der Waals surface area (Å²) in [7, 11) is -1.12. The molecule has 1 heterocycles. The molecule has 0 atom stereocenters. The topological polar surface area (TPSA) is 106 Å². The molecule has 1 aromatic heterocycles. The van der Waals surface area contributed by atoms with Gasteiger partial charge in [0.05, 0.1) is 23.1 Å². The number of aryl methyl sites for hydroxylation is 1. The molecule has 3 aromatic rings. The van der Waals surface area contributed by atoms with Crippen molar-refractivity contribution < 1.29 is 22.7 Å². The van der Waals surface area contributed by atoms with Crippen LogP contribution in [0.3, 0.4) is 0 Å². The number of hydrogen-bond donors (Lipinski definition) is 2. The van der Waals surface area contributed by atoms with Gasteiger partial charge in [-0.25, -0.2) is 13.2 Å². The molecule has 0 radical (unpaired) electrons. The van der Waals surface area contributed by atoms with Crippen LogP contribution in [0.15, 0.2) is 58.0 Å². The van der Waals surface area contributed by atoms with Crippen LogP contribution in [-0.4, -0.2) is 32.0 Å². The monoisotopic (exact) mass is 465 g/mol. The SMILES string of the molecule is COC(=O)c1cc(S(=O)(=O)NNC(=O)c2cn(C)c3ccccc23)ccc1Br. The minimum atomic E-state index is -4.11. The summed E-state index contributed by atoms with van der Waals surface area (Å²) in [4.78, 5) is 26.1. The van der Waals surface area contributed by atoms with Crippen LogP contribution < -0.4 is 10.3 Å². The smallest absolute Gasteiger partial charge is 0.339 e. The van der Waals surface area contributed by atoms with Gasteiger partial charge in [-0.3, -0.25) is 10.2 Å². The minimum absolute atomic E-state index is 0.0470. The zero-order chi connectivity index (χ0) is 20.5. The molecule has 146 valence electrons. The van der Waals surface area contributed by atoms with Gasteiger partial charge in [0.1, 0.15) is 0 Å². The Kier molecular flexibility index (Phi) is 5.54. The van der Waals surface area contributed by atoms with Crippen molar-refractivity contribution >= 4 is 48.7 Å². The molecular weight excluding hydrogens is 450 g/mol. The van der Waals surface area contributed by atoms with Crippen LogP contribution in [0.4, 0.5) is 0 Å². The van der Waals surface area contributed by atoms with E-state index in [1.807, 2.05) is 17.0 Å². The Labute approximate surface area is 169 Å². The molecule has 28 heavy (non-hydrogen) atoms. The number of fused-ring (bicyclic) bond motifs is 1. The van der Waals surface area contributed by atoms with Gasteiger partial charge in [-0.2, -0.15) is 0 Å². The number of esters is 1. The van der Waals surface area contributed by atoms with Gasteiger partial charge in [0, 0.05) is 28.6 Å². The van der Waals surface area contributed by atoms with Gasteiger partial charge < -0.3 is 9.30 Å². The van der Waals surface area contributed by atoms with E-state index in [0.717, 1.165) is 11.6 Å². The molecule has 0 unspecified atom stereocenters. The first-order chi connectivity index (χ1) is 13.2. The zero-order valence-electron chi connectivity index (χ0n) is 14.9. The number of aromatic nitrogens is 1. The molecule has 8 nitrogen and oxygen atoms in total. The van der Waals surface area contributed by atoms with Crippen LogP contribution in [0.25, 0.3) is 10.9 Å². The summed E-state index contributed by atoms with van der Waals surface area (Å²) in [5, 5.41) is 0.693. The second-order valence-corrected chi connectivity index (χ2v) is 8.40. The molecule has 0 aliphatic rings. The van der Waals surface area contributed by atoms with Crippen molar-refractivity contribution in [3.05, 3.63) is 64.3 Å². The van der Waals surface area contributed by atoms with Crippen molar-refractivity contribution in [1.29, 1.82) is 0 Å². The molecule has 0 saturated carbocycles. The van der Waals surface area contributed by atoms with Gasteiger partial charge in [0.2, 0.25) is 0 Å². The van der Waals surface area contributed by atoms with Gasteiger partial charge in [-0.1, -0.05) is 18.2 Å². The predicted octanol–water partition coefficient (Wildman–Crippen LogP) is 2.35. The first kappa shape index (κ1) is 20.1. The Hall–Kier alpha value is -2.69. The number of halogens is 1. The lowest BCUT2D eigenvalue weighted by Gasteiger charge is -2.10. The first-order valence-corrected chi connectivity index (χ1v) is 10.3. The van der Waals surface area contributed by atoms with Gasteiger partial charge >= 0.3 is 5.97 Å².